The van der Waals surface area contributed by atoms with Crippen molar-refractivity contribution in [2.45, 2.75) is 62.6 Å². The third-order valence-electron chi connectivity index (χ3n) is 2.46. The van der Waals surface area contributed by atoms with Crippen molar-refractivity contribution >= 4 is 65.9 Å². The Kier molecular flexibility index (Phi) is 15.3. The first-order valence-corrected chi connectivity index (χ1v) is 10.4. The fourth-order valence-electron chi connectivity index (χ4n) is 1.56. The molecule has 12 heavy (non-hydrogen) atoms. The van der Waals surface area contributed by atoms with Crippen LogP contribution in [0, 0.1) is 0 Å². The molecule has 68 valence electrons. The van der Waals surface area contributed by atoms with E-state index in [1.807, 2.05) is 0 Å². The predicted octanol–water partition coefficient (Wildman–Crippen LogP) is 4.10. The second-order valence-electron chi connectivity index (χ2n) is 3.83. The van der Waals surface area contributed by atoms with Gasteiger partial charge < -0.3 is 0 Å². The first-order valence-electron chi connectivity index (χ1n) is 5.91. The summed E-state index contributed by atoms with van der Waals surface area (Å²) < 4.78 is 1.59. The average Bonchev–Trinajstić information content (AvgIpc) is 2.10. The molecule has 1 heteroatoms. The van der Waals surface area contributed by atoms with Gasteiger partial charge in [-0.1, -0.05) is 0 Å². The summed E-state index contributed by atoms with van der Waals surface area (Å²) in [6, 6.07) is 0. The molecule has 0 rings (SSSR count). The average molecular weight is 288 g/mol. The molecule has 0 saturated carbocycles. The number of unbranched alkanes of at least 4 members (excludes halogenated alkanes) is 8. The monoisotopic (exact) mass is 288 g/mol. The van der Waals surface area contributed by atoms with Crippen molar-refractivity contribution in [3.8, 4) is 0 Å². The van der Waals surface area contributed by atoms with Crippen LogP contribution in [0.15, 0.2) is 0 Å². The summed E-state index contributed by atoms with van der Waals surface area (Å²) >= 11 is 0.888. The second kappa shape index (κ2) is 13.1. The molecule has 0 aliphatic heterocycles. The molecule has 0 spiro atoms. The van der Waals surface area contributed by atoms with E-state index in [-0.39, 0.29) is 0 Å². The molecule has 0 radical (unpaired) electrons. The first-order chi connectivity index (χ1) is 5.91. The van der Waals surface area contributed by atoms with Crippen LogP contribution in [0.25, 0.3) is 0 Å². The molecule has 0 N–H and O–H groups in total. The van der Waals surface area contributed by atoms with Crippen LogP contribution in [0.3, 0.4) is 0 Å². The Morgan fingerprint density at radius 1 is 0.667 bits per heavy atom. The third-order valence-corrected chi connectivity index (χ3v) is 4.68. The molecular weight excluding hydrogens is 265 g/mol. The van der Waals surface area contributed by atoms with Crippen LogP contribution in [0.2, 0.25) is -2.15 Å². The van der Waals surface area contributed by atoms with E-state index in [0.29, 0.717) is 0 Å². The maximum absolute atomic E-state index is 2.29. The van der Waals surface area contributed by atoms with Crippen molar-refractivity contribution in [2.24, 2.45) is 0 Å². The van der Waals surface area contributed by atoms with Gasteiger partial charge in [0.2, 0.25) is 0 Å². The van der Waals surface area contributed by atoms with Gasteiger partial charge in [0, 0.05) is 0 Å². The van der Waals surface area contributed by atoms with E-state index in [4.69, 9.17) is 0 Å². The number of hydrogen-bond donors (Lipinski definition) is 0. The Hall–Kier alpha value is 2.05. The zero-order chi connectivity index (χ0) is 9.07. The molecule has 0 atom stereocenters. The molecule has 0 aromatic carbocycles. The van der Waals surface area contributed by atoms with E-state index >= 15 is 0 Å². The zero-order valence-corrected chi connectivity index (χ0v) is 15.4. The van der Waals surface area contributed by atoms with Gasteiger partial charge in [0.15, 0.2) is 0 Å². The van der Waals surface area contributed by atoms with Gasteiger partial charge >= 0.3 is 128 Å². The van der Waals surface area contributed by atoms with E-state index < -0.39 is 0 Å². The van der Waals surface area contributed by atoms with Gasteiger partial charge in [0.05, 0.1) is 0 Å². The SMILES string of the molecule is CCCCCCCCCC[CH2][Cs]. The first kappa shape index (κ1) is 14.1. The van der Waals surface area contributed by atoms with Gasteiger partial charge in [-0.15, -0.1) is 0 Å². The molecular formula is C11H23Cs. The quantitative estimate of drug-likeness (QED) is 0.560. The molecule has 0 aliphatic carbocycles. The van der Waals surface area contributed by atoms with Crippen LogP contribution >= 0.6 is 0 Å². The van der Waals surface area contributed by atoms with E-state index in [1.54, 1.807) is -2.15 Å². The zero-order valence-electron chi connectivity index (χ0n) is 9.07. The molecule has 0 aromatic heterocycles. The minimum absolute atomic E-state index is 0.888. The molecule has 0 saturated heterocycles. The van der Waals surface area contributed by atoms with Crippen molar-refractivity contribution in [2.75, 3.05) is 0 Å². The van der Waals surface area contributed by atoms with Gasteiger partial charge in [0.1, 0.15) is 0 Å². The van der Waals surface area contributed by atoms with Gasteiger partial charge in [-0.2, -0.15) is 0 Å². The fraction of sp³-hybridized carbons (Fsp3) is 1.00. The van der Waals surface area contributed by atoms with Crippen LogP contribution in [0.4, 0.5) is 0 Å². The van der Waals surface area contributed by atoms with E-state index in [2.05, 4.69) is 6.92 Å². The molecule has 0 unspecified atom stereocenters. The van der Waals surface area contributed by atoms with E-state index in [9.17, 15) is 0 Å². The molecule has 0 heterocycles. The van der Waals surface area contributed by atoms with Gasteiger partial charge in [-0.3, -0.25) is 0 Å². The Morgan fingerprint density at radius 2 is 1.08 bits per heavy atom. The predicted molar refractivity (Wildman–Crippen MR) is 57.8 cm³/mol. The normalized spacial score (nSPS) is 10.6. The number of rotatable bonds is 9. The molecule has 0 fully saturated rings. The Morgan fingerprint density at radius 3 is 1.50 bits per heavy atom. The summed E-state index contributed by atoms with van der Waals surface area (Å²) in [4.78, 5) is 0. The Balaban J connectivity index is 2.73. The summed E-state index contributed by atoms with van der Waals surface area (Å²) in [5, 5.41) is 0. The molecule has 0 aromatic rings. The minimum atomic E-state index is 0.888. The van der Waals surface area contributed by atoms with Gasteiger partial charge in [0.25, 0.3) is 0 Å². The van der Waals surface area contributed by atoms with Crippen LogP contribution in [-0.4, -0.2) is 65.9 Å². The van der Waals surface area contributed by atoms with E-state index in [1.165, 1.54) is 57.8 Å². The topological polar surface area (TPSA) is 0 Å². The summed E-state index contributed by atoms with van der Waals surface area (Å²) in [5.74, 6) is 0. The van der Waals surface area contributed by atoms with Crippen molar-refractivity contribution < 1.29 is 0 Å². The Labute approximate surface area is 126 Å². The van der Waals surface area contributed by atoms with Crippen molar-refractivity contribution in [3.63, 3.8) is 0 Å². The van der Waals surface area contributed by atoms with Crippen LogP contribution in [-0.2, 0) is 0 Å². The summed E-state index contributed by atoms with van der Waals surface area (Å²) in [6.07, 6.45) is 13.3. The molecule has 0 amide bonds. The maximum atomic E-state index is 2.29. The molecule has 0 aliphatic rings. The van der Waals surface area contributed by atoms with Gasteiger partial charge in [-0.05, 0) is 0 Å². The van der Waals surface area contributed by atoms with E-state index in [0.717, 1.165) is 65.9 Å². The summed E-state index contributed by atoms with van der Waals surface area (Å²) in [6.45, 7) is 2.29. The fourth-order valence-corrected chi connectivity index (χ4v) is 3.13. The van der Waals surface area contributed by atoms with Crippen molar-refractivity contribution in [3.05, 3.63) is 0 Å². The van der Waals surface area contributed by atoms with Crippen molar-refractivity contribution in [1.82, 2.24) is 0 Å². The van der Waals surface area contributed by atoms with Crippen LogP contribution in [0.5, 0.6) is 0 Å². The van der Waals surface area contributed by atoms with Gasteiger partial charge in [-0.25, -0.2) is 0 Å². The van der Waals surface area contributed by atoms with Crippen molar-refractivity contribution in [1.29, 1.82) is 0 Å². The van der Waals surface area contributed by atoms with Crippen LogP contribution in [0.1, 0.15) is 64.7 Å². The third kappa shape index (κ3) is 12.1. The Bertz CT molecular complexity index is 61.4. The molecule has 0 nitrogen and oxygen atoms in total. The standard InChI is InChI=1S/C11H23.Cs/c1-3-5-7-9-11-10-8-6-4-2;/h1,3-11H2,2H3;. The summed E-state index contributed by atoms with van der Waals surface area (Å²) in [5.41, 5.74) is 0. The number of hydrogen-bond acceptors (Lipinski definition) is 0. The van der Waals surface area contributed by atoms with Crippen LogP contribution < -0.4 is 0 Å². The summed E-state index contributed by atoms with van der Waals surface area (Å²) in [7, 11) is 0. The second-order valence-corrected chi connectivity index (χ2v) is 6.97. The molecule has 0 bridgehead atoms.